The molecular formula is C24H21ClN2O4S. The summed E-state index contributed by atoms with van der Waals surface area (Å²) in [5.41, 5.74) is 2.21. The molecule has 0 spiro atoms. The van der Waals surface area contributed by atoms with E-state index in [1.807, 2.05) is 36.4 Å². The van der Waals surface area contributed by atoms with Crippen LogP contribution in [-0.4, -0.2) is 24.3 Å². The van der Waals surface area contributed by atoms with E-state index in [2.05, 4.69) is 4.99 Å². The average Bonchev–Trinajstić information content (AvgIpc) is 3.09. The van der Waals surface area contributed by atoms with Crippen molar-refractivity contribution in [3.8, 4) is 5.75 Å². The first-order chi connectivity index (χ1) is 15.4. The number of aromatic nitrogens is 1. The van der Waals surface area contributed by atoms with Gasteiger partial charge in [0.1, 0.15) is 5.75 Å². The number of hydrogen-bond acceptors (Lipinski definition) is 6. The lowest BCUT2D eigenvalue weighted by atomic mass is 9.95. The fourth-order valence-electron chi connectivity index (χ4n) is 3.63. The largest absolute Gasteiger partial charge is 0.497 e. The van der Waals surface area contributed by atoms with Crippen LogP contribution in [0.2, 0.25) is 5.02 Å². The molecule has 1 aliphatic heterocycles. The normalized spacial score (nSPS) is 15.9. The molecule has 0 fully saturated rings. The number of methoxy groups -OCH3 is 1. The Labute approximate surface area is 193 Å². The Morgan fingerprint density at radius 1 is 1.25 bits per heavy atom. The maximum absolute atomic E-state index is 13.5. The quantitative estimate of drug-likeness (QED) is 0.538. The van der Waals surface area contributed by atoms with E-state index in [1.165, 1.54) is 11.3 Å². The molecule has 1 aromatic heterocycles. The van der Waals surface area contributed by atoms with Crippen molar-refractivity contribution in [2.45, 2.75) is 19.9 Å². The van der Waals surface area contributed by atoms with Crippen LogP contribution in [-0.2, 0) is 9.53 Å². The number of ether oxygens (including phenoxy) is 2. The first-order valence-electron chi connectivity index (χ1n) is 10.0. The molecule has 8 heteroatoms. The number of allylic oxidation sites excluding steroid dienone is 1. The van der Waals surface area contributed by atoms with Crippen LogP contribution in [0.15, 0.2) is 69.6 Å². The van der Waals surface area contributed by atoms with Gasteiger partial charge >= 0.3 is 5.97 Å². The Bertz CT molecular complexity index is 1390. The number of halogens is 1. The minimum atomic E-state index is -0.673. The number of carbonyl (C=O) groups excluding carboxylic acids is 1. The van der Waals surface area contributed by atoms with Crippen LogP contribution in [0, 0.1) is 0 Å². The molecule has 4 rings (SSSR count). The van der Waals surface area contributed by atoms with Gasteiger partial charge in [-0.1, -0.05) is 47.2 Å². The summed E-state index contributed by atoms with van der Waals surface area (Å²) < 4.78 is 12.7. The Morgan fingerprint density at radius 2 is 2.00 bits per heavy atom. The maximum atomic E-state index is 13.5. The van der Waals surface area contributed by atoms with Crippen LogP contribution in [0.1, 0.15) is 31.0 Å². The third-order valence-electron chi connectivity index (χ3n) is 5.09. The fourth-order valence-corrected chi connectivity index (χ4v) is 4.80. The molecule has 1 atom stereocenters. The smallest absolute Gasteiger partial charge is 0.338 e. The summed E-state index contributed by atoms with van der Waals surface area (Å²) in [6.45, 7) is 3.73. The summed E-state index contributed by atoms with van der Waals surface area (Å²) in [6, 6.07) is 13.9. The summed E-state index contributed by atoms with van der Waals surface area (Å²) in [6.07, 6.45) is 1.80. The van der Waals surface area contributed by atoms with Crippen LogP contribution < -0.4 is 19.6 Å². The molecule has 2 aromatic carbocycles. The van der Waals surface area contributed by atoms with Crippen molar-refractivity contribution in [1.29, 1.82) is 0 Å². The molecule has 0 radical (unpaired) electrons. The summed E-state index contributed by atoms with van der Waals surface area (Å²) in [4.78, 5) is 31.5. The molecule has 32 heavy (non-hydrogen) atoms. The van der Waals surface area contributed by atoms with Gasteiger partial charge in [-0.2, -0.15) is 0 Å². The number of fused-ring (bicyclic) bond motifs is 1. The van der Waals surface area contributed by atoms with Gasteiger partial charge in [0, 0.05) is 5.02 Å². The van der Waals surface area contributed by atoms with E-state index in [1.54, 1.807) is 43.7 Å². The highest BCUT2D eigenvalue weighted by Crippen LogP contribution is 2.32. The van der Waals surface area contributed by atoms with Gasteiger partial charge < -0.3 is 9.47 Å². The zero-order valence-electron chi connectivity index (χ0n) is 17.8. The van der Waals surface area contributed by atoms with Gasteiger partial charge in [0.2, 0.25) is 0 Å². The highest BCUT2D eigenvalue weighted by Gasteiger charge is 2.33. The highest BCUT2D eigenvalue weighted by molar-refractivity contribution is 7.07. The van der Waals surface area contributed by atoms with Gasteiger partial charge in [-0.05, 0) is 55.3 Å². The van der Waals surface area contributed by atoms with Crippen LogP contribution in [0.4, 0.5) is 0 Å². The number of hydrogen-bond donors (Lipinski definition) is 0. The average molecular weight is 469 g/mol. The molecule has 164 valence electrons. The van der Waals surface area contributed by atoms with Crippen LogP contribution in [0.25, 0.3) is 6.08 Å². The minimum absolute atomic E-state index is 0.224. The maximum Gasteiger partial charge on any atom is 0.338 e. The molecule has 0 saturated heterocycles. The SMILES string of the molecule is CCOC(=O)C1=C(C)N=c2s/c(=C/c3ccc(Cl)cc3)c(=O)n2C1c1cccc(OC)c1. The number of rotatable bonds is 5. The van der Waals surface area contributed by atoms with Crippen LogP contribution >= 0.6 is 22.9 Å². The number of esters is 1. The van der Waals surface area contributed by atoms with Crippen LogP contribution in [0.3, 0.4) is 0 Å². The summed E-state index contributed by atoms with van der Waals surface area (Å²) in [5, 5.41) is 0.622. The van der Waals surface area contributed by atoms with Gasteiger partial charge in [-0.15, -0.1) is 0 Å². The summed E-state index contributed by atoms with van der Waals surface area (Å²) >= 11 is 7.25. The minimum Gasteiger partial charge on any atom is -0.497 e. The zero-order chi connectivity index (χ0) is 22.8. The Kier molecular flexibility index (Phi) is 6.30. The molecule has 1 aliphatic rings. The number of carbonyl (C=O) groups is 1. The van der Waals surface area contributed by atoms with E-state index in [-0.39, 0.29) is 12.2 Å². The monoisotopic (exact) mass is 468 g/mol. The molecular weight excluding hydrogens is 448 g/mol. The first-order valence-corrected chi connectivity index (χ1v) is 11.2. The highest BCUT2D eigenvalue weighted by atomic mass is 35.5. The van der Waals surface area contributed by atoms with Crippen molar-refractivity contribution >= 4 is 35.0 Å². The van der Waals surface area contributed by atoms with E-state index < -0.39 is 12.0 Å². The van der Waals surface area contributed by atoms with E-state index in [9.17, 15) is 9.59 Å². The topological polar surface area (TPSA) is 69.9 Å². The number of nitrogens with zero attached hydrogens (tertiary/aromatic N) is 2. The van der Waals surface area contributed by atoms with E-state index >= 15 is 0 Å². The third-order valence-corrected chi connectivity index (χ3v) is 6.33. The lowest BCUT2D eigenvalue weighted by Crippen LogP contribution is -2.39. The standard InChI is InChI=1S/C24H21ClN2O4S/c1-4-31-23(29)20-14(2)26-24-27(21(20)16-6-5-7-18(13-16)30-3)22(28)19(32-24)12-15-8-10-17(25)11-9-15/h5-13,21H,4H2,1-3H3/b19-12+. The molecule has 0 N–H and O–H groups in total. The zero-order valence-corrected chi connectivity index (χ0v) is 19.4. The molecule has 1 unspecified atom stereocenters. The second-order valence-electron chi connectivity index (χ2n) is 7.13. The lowest BCUT2D eigenvalue weighted by Gasteiger charge is -2.25. The van der Waals surface area contributed by atoms with Gasteiger partial charge in [0.25, 0.3) is 5.56 Å². The van der Waals surface area contributed by atoms with Crippen molar-refractivity contribution in [2.24, 2.45) is 4.99 Å². The second kappa shape index (κ2) is 9.14. The molecule has 0 bridgehead atoms. The molecule has 0 aliphatic carbocycles. The van der Waals surface area contributed by atoms with Gasteiger partial charge in [0.15, 0.2) is 4.80 Å². The van der Waals surface area contributed by atoms with Gasteiger partial charge in [0.05, 0.1) is 35.6 Å². The van der Waals surface area contributed by atoms with Crippen molar-refractivity contribution in [2.75, 3.05) is 13.7 Å². The Hall–Kier alpha value is -3.16. The van der Waals surface area contributed by atoms with Gasteiger partial charge in [-0.25, -0.2) is 9.79 Å². The molecule has 6 nitrogen and oxygen atoms in total. The molecule has 0 saturated carbocycles. The number of benzene rings is 2. The van der Waals surface area contributed by atoms with E-state index in [0.29, 0.717) is 31.4 Å². The summed E-state index contributed by atoms with van der Waals surface area (Å²) in [7, 11) is 1.57. The summed E-state index contributed by atoms with van der Waals surface area (Å²) in [5.74, 6) is 0.136. The predicted octanol–water partition coefficient (Wildman–Crippen LogP) is 3.46. The molecule has 2 heterocycles. The third kappa shape index (κ3) is 4.13. The number of thiazole rings is 1. The van der Waals surface area contributed by atoms with Crippen molar-refractivity contribution in [3.63, 3.8) is 0 Å². The van der Waals surface area contributed by atoms with Crippen molar-refractivity contribution in [3.05, 3.63) is 95.6 Å². The van der Waals surface area contributed by atoms with E-state index in [4.69, 9.17) is 21.1 Å². The first kappa shape index (κ1) is 22.0. The Balaban J connectivity index is 1.96. The fraction of sp³-hybridized carbons (Fsp3) is 0.208. The predicted molar refractivity (Wildman–Crippen MR) is 125 cm³/mol. The van der Waals surface area contributed by atoms with E-state index in [0.717, 1.165) is 11.1 Å². The molecule has 0 amide bonds. The lowest BCUT2D eigenvalue weighted by molar-refractivity contribution is -0.139. The molecule has 3 aromatic rings. The van der Waals surface area contributed by atoms with Gasteiger partial charge in [-0.3, -0.25) is 9.36 Å². The van der Waals surface area contributed by atoms with Crippen molar-refractivity contribution < 1.29 is 14.3 Å². The second-order valence-corrected chi connectivity index (χ2v) is 8.58. The van der Waals surface area contributed by atoms with Crippen LogP contribution in [0.5, 0.6) is 5.75 Å². The Morgan fingerprint density at radius 3 is 2.69 bits per heavy atom. The van der Waals surface area contributed by atoms with Crippen molar-refractivity contribution in [1.82, 2.24) is 4.57 Å².